The van der Waals surface area contributed by atoms with Crippen molar-refractivity contribution in [2.75, 3.05) is 5.32 Å². The first-order chi connectivity index (χ1) is 14.2. The third kappa shape index (κ3) is 3.94. The molecule has 5 rings (SSSR count). The molecule has 29 heavy (non-hydrogen) atoms. The summed E-state index contributed by atoms with van der Waals surface area (Å²) in [5, 5.41) is 17.3. The molecule has 1 saturated carbocycles. The van der Waals surface area contributed by atoms with Crippen molar-refractivity contribution in [3.8, 4) is 0 Å². The van der Waals surface area contributed by atoms with Gasteiger partial charge in [-0.25, -0.2) is 4.68 Å². The molecule has 3 aliphatic rings. The van der Waals surface area contributed by atoms with E-state index in [-0.39, 0.29) is 11.6 Å². The summed E-state index contributed by atoms with van der Waals surface area (Å²) in [6, 6.07) is 4.67. The van der Waals surface area contributed by atoms with Crippen LogP contribution in [0.15, 0.2) is 16.9 Å². The fourth-order valence-corrected chi connectivity index (χ4v) is 5.29. The molecule has 6 nitrogen and oxygen atoms in total. The van der Waals surface area contributed by atoms with Crippen LogP contribution in [0.2, 0.25) is 0 Å². The molecule has 2 aromatic rings. The highest BCUT2D eigenvalue weighted by atomic mass is 16.1. The van der Waals surface area contributed by atoms with Gasteiger partial charge in [-0.3, -0.25) is 4.79 Å². The van der Waals surface area contributed by atoms with E-state index in [2.05, 4.69) is 28.5 Å². The minimum absolute atomic E-state index is 0.0803. The smallest absolute Gasteiger partial charge is 0.267 e. The molecule has 0 radical (unpaired) electrons. The van der Waals surface area contributed by atoms with Gasteiger partial charge in [0, 0.05) is 12.1 Å². The van der Waals surface area contributed by atoms with Crippen molar-refractivity contribution < 1.29 is 0 Å². The zero-order valence-corrected chi connectivity index (χ0v) is 17.4. The van der Waals surface area contributed by atoms with E-state index in [1.807, 2.05) is 6.07 Å². The third-order valence-electron chi connectivity index (χ3n) is 7.03. The molecule has 1 N–H and O–H groups in total. The molecule has 0 aliphatic heterocycles. The van der Waals surface area contributed by atoms with Crippen LogP contribution in [0, 0.1) is 5.92 Å². The molecule has 3 aliphatic carbocycles. The summed E-state index contributed by atoms with van der Waals surface area (Å²) >= 11 is 0. The normalized spacial score (nSPS) is 26.4. The summed E-state index contributed by atoms with van der Waals surface area (Å²) in [6.07, 6.45) is 11.8. The lowest BCUT2D eigenvalue weighted by molar-refractivity contribution is 0.300. The number of hydrogen-bond acceptors (Lipinski definition) is 5. The summed E-state index contributed by atoms with van der Waals surface area (Å²) < 4.78 is 1.78. The molecule has 2 heterocycles. The van der Waals surface area contributed by atoms with Crippen molar-refractivity contribution in [3.63, 3.8) is 0 Å². The molecular formula is C23H31N5O. The van der Waals surface area contributed by atoms with Gasteiger partial charge >= 0.3 is 0 Å². The molecule has 1 unspecified atom stereocenters. The van der Waals surface area contributed by atoms with E-state index in [9.17, 15) is 4.79 Å². The SMILES string of the molecule is CC1CCc2nnc(NC3CCC(n4nc5c(cc4=O)CCCC5)CC3)cc2C1. The lowest BCUT2D eigenvalue weighted by atomic mass is 9.88. The van der Waals surface area contributed by atoms with Crippen LogP contribution in [0.25, 0.3) is 0 Å². The molecule has 1 atom stereocenters. The lowest BCUT2D eigenvalue weighted by Gasteiger charge is -2.30. The maximum absolute atomic E-state index is 12.6. The van der Waals surface area contributed by atoms with E-state index >= 15 is 0 Å². The van der Waals surface area contributed by atoms with Crippen molar-refractivity contribution in [3.05, 3.63) is 45.0 Å². The molecule has 0 spiro atoms. The highest BCUT2D eigenvalue weighted by Gasteiger charge is 2.26. The predicted molar refractivity (Wildman–Crippen MR) is 113 cm³/mol. The van der Waals surface area contributed by atoms with Gasteiger partial charge in [0.25, 0.3) is 5.56 Å². The number of anilines is 1. The molecule has 0 amide bonds. The molecule has 0 saturated heterocycles. The lowest BCUT2D eigenvalue weighted by Crippen LogP contribution is -2.34. The maximum Gasteiger partial charge on any atom is 0.267 e. The summed E-state index contributed by atoms with van der Waals surface area (Å²) in [6.45, 7) is 2.31. The first-order valence-electron chi connectivity index (χ1n) is 11.4. The predicted octanol–water partition coefficient (Wildman–Crippen LogP) is 3.63. The van der Waals surface area contributed by atoms with Crippen LogP contribution >= 0.6 is 0 Å². The van der Waals surface area contributed by atoms with Gasteiger partial charge < -0.3 is 5.32 Å². The Morgan fingerprint density at radius 2 is 1.76 bits per heavy atom. The Morgan fingerprint density at radius 3 is 2.62 bits per heavy atom. The number of hydrogen-bond donors (Lipinski definition) is 1. The second kappa shape index (κ2) is 7.88. The number of nitrogens with zero attached hydrogens (tertiary/aromatic N) is 4. The third-order valence-corrected chi connectivity index (χ3v) is 7.03. The van der Waals surface area contributed by atoms with E-state index in [1.165, 1.54) is 36.1 Å². The van der Waals surface area contributed by atoms with Gasteiger partial charge in [0.15, 0.2) is 0 Å². The summed E-state index contributed by atoms with van der Waals surface area (Å²) in [7, 11) is 0. The second-order valence-electron chi connectivity index (χ2n) is 9.31. The Labute approximate surface area is 172 Å². The molecule has 2 aromatic heterocycles. The Hall–Kier alpha value is -2.24. The maximum atomic E-state index is 12.6. The molecular weight excluding hydrogens is 362 g/mol. The summed E-state index contributed by atoms with van der Waals surface area (Å²) in [4.78, 5) is 12.6. The van der Waals surface area contributed by atoms with E-state index in [1.54, 1.807) is 4.68 Å². The first kappa shape index (κ1) is 18.8. The van der Waals surface area contributed by atoms with Crippen LogP contribution in [0.5, 0.6) is 0 Å². The Balaban J connectivity index is 1.23. The van der Waals surface area contributed by atoms with Crippen molar-refractivity contribution in [2.24, 2.45) is 5.92 Å². The average molecular weight is 394 g/mol. The Morgan fingerprint density at radius 1 is 0.931 bits per heavy atom. The van der Waals surface area contributed by atoms with E-state index < -0.39 is 0 Å². The van der Waals surface area contributed by atoms with Crippen LogP contribution in [0.3, 0.4) is 0 Å². The molecule has 1 fully saturated rings. The van der Waals surface area contributed by atoms with Crippen molar-refractivity contribution in [1.82, 2.24) is 20.0 Å². The monoisotopic (exact) mass is 393 g/mol. The van der Waals surface area contributed by atoms with Crippen LogP contribution in [0.1, 0.15) is 80.4 Å². The van der Waals surface area contributed by atoms with Gasteiger partial charge in [-0.05, 0) is 93.7 Å². The van der Waals surface area contributed by atoms with Gasteiger partial charge in [0.2, 0.25) is 0 Å². The van der Waals surface area contributed by atoms with Crippen LogP contribution < -0.4 is 10.9 Å². The van der Waals surface area contributed by atoms with Crippen LogP contribution in [0.4, 0.5) is 5.82 Å². The van der Waals surface area contributed by atoms with Gasteiger partial charge in [-0.1, -0.05) is 6.92 Å². The quantitative estimate of drug-likeness (QED) is 0.862. The number of aromatic nitrogens is 4. The van der Waals surface area contributed by atoms with Crippen molar-refractivity contribution in [2.45, 2.75) is 89.6 Å². The number of fused-ring (bicyclic) bond motifs is 2. The van der Waals surface area contributed by atoms with Crippen LogP contribution in [-0.4, -0.2) is 26.0 Å². The average Bonchev–Trinajstić information content (AvgIpc) is 2.73. The minimum atomic E-state index is 0.0803. The van der Waals surface area contributed by atoms with Crippen LogP contribution in [-0.2, 0) is 25.7 Å². The van der Waals surface area contributed by atoms with E-state index in [0.29, 0.717) is 6.04 Å². The highest BCUT2D eigenvalue weighted by Crippen LogP contribution is 2.30. The largest absolute Gasteiger partial charge is 0.366 e. The van der Waals surface area contributed by atoms with Crippen molar-refractivity contribution >= 4 is 5.82 Å². The Bertz CT molecular complexity index is 945. The van der Waals surface area contributed by atoms with Gasteiger partial charge in [0.05, 0.1) is 17.4 Å². The zero-order valence-electron chi connectivity index (χ0n) is 17.4. The van der Waals surface area contributed by atoms with Gasteiger partial charge in [-0.15, -0.1) is 5.10 Å². The van der Waals surface area contributed by atoms with E-state index in [0.717, 1.165) is 68.8 Å². The van der Waals surface area contributed by atoms with Gasteiger partial charge in [-0.2, -0.15) is 10.2 Å². The number of rotatable bonds is 3. The van der Waals surface area contributed by atoms with E-state index in [4.69, 9.17) is 5.10 Å². The zero-order chi connectivity index (χ0) is 19.8. The molecule has 0 bridgehead atoms. The summed E-state index contributed by atoms with van der Waals surface area (Å²) in [5.74, 6) is 1.64. The molecule has 6 heteroatoms. The first-order valence-corrected chi connectivity index (χ1v) is 11.4. The second-order valence-corrected chi connectivity index (χ2v) is 9.31. The van der Waals surface area contributed by atoms with Gasteiger partial charge in [0.1, 0.15) is 5.82 Å². The Kier molecular flexibility index (Phi) is 5.10. The topological polar surface area (TPSA) is 72.7 Å². The fourth-order valence-electron chi connectivity index (χ4n) is 5.29. The number of nitrogens with one attached hydrogen (secondary N) is 1. The standard InChI is InChI=1S/C23H31N5O/c1-15-6-11-20-17(12-15)13-22(26-25-20)24-18-7-9-19(10-8-18)28-23(29)14-16-4-2-3-5-21(16)27-28/h13-15,18-19H,2-12H2,1H3,(H,24,26). The molecule has 0 aromatic carbocycles. The summed E-state index contributed by atoms with van der Waals surface area (Å²) in [5.41, 5.74) is 4.94. The van der Waals surface area contributed by atoms with Crippen molar-refractivity contribution in [1.29, 1.82) is 0 Å². The fraction of sp³-hybridized carbons (Fsp3) is 0.652. The minimum Gasteiger partial charge on any atom is -0.366 e. The molecule has 154 valence electrons. The highest BCUT2D eigenvalue weighted by molar-refractivity contribution is 5.40. The number of aryl methyl sites for hydroxylation is 3.